The lowest BCUT2D eigenvalue weighted by atomic mass is 10.2. The molecule has 3 aromatic carbocycles. The van der Waals surface area contributed by atoms with E-state index < -0.39 is 5.97 Å². The molecule has 0 N–H and O–H groups in total. The molecular formula is C26H21N5O4S. The van der Waals surface area contributed by atoms with E-state index in [0.717, 1.165) is 22.6 Å². The van der Waals surface area contributed by atoms with Gasteiger partial charge in [0.25, 0.3) is 5.89 Å². The molecule has 0 amide bonds. The van der Waals surface area contributed by atoms with Crippen LogP contribution in [0.2, 0.25) is 0 Å². The van der Waals surface area contributed by atoms with Gasteiger partial charge in [0.1, 0.15) is 5.75 Å². The van der Waals surface area contributed by atoms with Crippen LogP contribution >= 0.6 is 11.8 Å². The molecule has 0 atom stereocenters. The summed E-state index contributed by atoms with van der Waals surface area (Å²) in [4.78, 5) is 16.7. The van der Waals surface area contributed by atoms with Crippen molar-refractivity contribution in [2.24, 2.45) is 0 Å². The minimum absolute atomic E-state index is 0.0446. The Hall–Kier alpha value is -4.44. The molecule has 36 heavy (non-hydrogen) atoms. The average Bonchev–Trinajstić information content (AvgIpc) is 3.59. The van der Waals surface area contributed by atoms with Crippen molar-refractivity contribution in [3.8, 4) is 34.3 Å². The zero-order chi connectivity index (χ0) is 24.7. The lowest BCUT2D eigenvalue weighted by molar-refractivity contribution is -0.141. The standard InChI is InChI=1S/C26H21N5O4S/c1-33-21-14-12-19(13-15-21)25-27-22(30-35-25)16-34-23(32)17-36-26-29-28-24(18-8-4-2-5-9-18)31(26)20-10-6-3-7-11-20/h2-15H,16-17H2,1H3. The Balaban J connectivity index is 1.24. The number of hydrogen-bond donors (Lipinski definition) is 0. The summed E-state index contributed by atoms with van der Waals surface area (Å²) in [5.74, 6) is 1.64. The number of thioether (sulfide) groups is 1. The van der Waals surface area contributed by atoms with Crippen LogP contribution in [0.15, 0.2) is 94.6 Å². The van der Waals surface area contributed by atoms with E-state index in [1.54, 1.807) is 19.2 Å². The SMILES string of the molecule is COc1ccc(-c2nc(COC(=O)CSc3nnc(-c4ccccc4)n3-c3ccccc3)no2)cc1. The van der Waals surface area contributed by atoms with Crippen LogP contribution in [0.4, 0.5) is 0 Å². The zero-order valence-electron chi connectivity index (χ0n) is 19.3. The highest BCUT2D eigenvalue weighted by Crippen LogP contribution is 2.28. The van der Waals surface area contributed by atoms with Crippen molar-refractivity contribution in [1.29, 1.82) is 0 Å². The van der Waals surface area contributed by atoms with Gasteiger partial charge in [-0.05, 0) is 36.4 Å². The van der Waals surface area contributed by atoms with Gasteiger partial charge in [-0.25, -0.2) is 0 Å². The van der Waals surface area contributed by atoms with E-state index in [0.29, 0.717) is 16.9 Å². The summed E-state index contributed by atoms with van der Waals surface area (Å²) in [6.07, 6.45) is 0. The fourth-order valence-corrected chi connectivity index (χ4v) is 4.17. The zero-order valence-corrected chi connectivity index (χ0v) is 20.1. The molecule has 0 aliphatic heterocycles. The Morgan fingerprint density at radius 3 is 2.36 bits per heavy atom. The van der Waals surface area contributed by atoms with E-state index in [9.17, 15) is 4.79 Å². The molecule has 5 aromatic rings. The van der Waals surface area contributed by atoms with Gasteiger partial charge in [0.2, 0.25) is 5.82 Å². The lowest BCUT2D eigenvalue weighted by Gasteiger charge is -2.10. The molecule has 0 spiro atoms. The summed E-state index contributed by atoms with van der Waals surface area (Å²) in [6.45, 7) is -0.0975. The summed E-state index contributed by atoms with van der Waals surface area (Å²) in [5, 5.41) is 13.2. The molecule has 9 nitrogen and oxygen atoms in total. The Morgan fingerprint density at radius 2 is 1.64 bits per heavy atom. The summed E-state index contributed by atoms with van der Waals surface area (Å²) >= 11 is 1.24. The van der Waals surface area contributed by atoms with Gasteiger partial charge in [0, 0.05) is 16.8 Å². The monoisotopic (exact) mass is 499 g/mol. The van der Waals surface area contributed by atoms with Crippen LogP contribution in [-0.4, -0.2) is 43.7 Å². The fraction of sp³-hybridized carbons (Fsp3) is 0.115. The number of carbonyl (C=O) groups excluding carboxylic acids is 1. The number of esters is 1. The second-order valence-corrected chi connectivity index (χ2v) is 8.48. The van der Waals surface area contributed by atoms with Crippen LogP contribution in [0.1, 0.15) is 5.82 Å². The van der Waals surface area contributed by atoms with E-state index in [1.165, 1.54) is 11.8 Å². The largest absolute Gasteiger partial charge is 0.497 e. The summed E-state index contributed by atoms with van der Waals surface area (Å²) in [7, 11) is 1.60. The Morgan fingerprint density at radius 1 is 0.917 bits per heavy atom. The molecule has 2 aromatic heterocycles. The van der Waals surface area contributed by atoms with Gasteiger partial charge < -0.3 is 14.0 Å². The predicted molar refractivity (Wildman–Crippen MR) is 134 cm³/mol. The Kier molecular flexibility index (Phi) is 7.04. The van der Waals surface area contributed by atoms with Gasteiger partial charge in [0.15, 0.2) is 17.6 Å². The Labute approximate surface area is 211 Å². The first kappa shape index (κ1) is 23.3. The normalized spacial score (nSPS) is 10.8. The quantitative estimate of drug-likeness (QED) is 0.208. The average molecular weight is 500 g/mol. The summed E-state index contributed by atoms with van der Waals surface area (Å²) in [6, 6.07) is 26.8. The van der Waals surface area contributed by atoms with Crippen LogP contribution in [0, 0.1) is 0 Å². The minimum Gasteiger partial charge on any atom is -0.497 e. The van der Waals surface area contributed by atoms with E-state index in [4.69, 9.17) is 14.0 Å². The van der Waals surface area contributed by atoms with Gasteiger partial charge >= 0.3 is 5.97 Å². The smallest absolute Gasteiger partial charge is 0.316 e. The molecule has 0 aliphatic carbocycles. The number of rotatable bonds is 9. The number of aromatic nitrogens is 5. The van der Waals surface area contributed by atoms with E-state index in [1.807, 2.05) is 77.4 Å². The molecule has 2 heterocycles. The van der Waals surface area contributed by atoms with Crippen molar-refractivity contribution < 1.29 is 18.8 Å². The molecule has 0 fully saturated rings. The fourth-order valence-electron chi connectivity index (χ4n) is 3.42. The van der Waals surface area contributed by atoms with Gasteiger partial charge in [-0.15, -0.1) is 10.2 Å². The molecule has 0 aliphatic rings. The molecule has 0 saturated carbocycles. The summed E-state index contributed by atoms with van der Waals surface area (Å²) < 4.78 is 17.7. The van der Waals surface area contributed by atoms with Crippen molar-refractivity contribution in [3.63, 3.8) is 0 Å². The van der Waals surface area contributed by atoms with Crippen LogP contribution in [0.25, 0.3) is 28.5 Å². The van der Waals surface area contributed by atoms with Gasteiger partial charge in [-0.2, -0.15) is 4.98 Å². The highest BCUT2D eigenvalue weighted by atomic mass is 32.2. The maximum absolute atomic E-state index is 12.5. The third-order valence-electron chi connectivity index (χ3n) is 5.17. The third-order valence-corrected chi connectivity index (χ3v) is 6.07. The number of hydrogen-bond acceptors (Lipinski definition) is 9. The number of ether oxygens (including phenoxy) is 2. The number of benzene rings is 3. The molecule has 0 radical (unpaired) electrons. The minimum atomic E-state index is -0.431. The van der Waals surface area contributed by atoms with Crippen molar-refractivity contribution in [1.82, 2.24) is 24.9 Å². The first-order valence-corrected chi connectivity index (χ1v) is 12.0. The molecule has 0 saturated heterocycles. The topological polar surface area (TPSA) is 105 Å². The second kappa shape index (κ2) is 10.9. The Bertz CT molecular complexity index is 1440. The first-order chi connectivity index (χ1) is 17.7. The lowest BCUT2D eigenvalue weighted by Crippen LogP contribution is -2.09. The molecule has 10 heteroatoms. The molecule has 0 unspecified atom stereocenters. The number of carbonyl (C=O) groups is 1. The highest BCUT2D eigenvalue weighted by molar-refractivity contribution is 7.99. The molecule has 0 bridgehead atoms. The molecule has 5 rings (SSSR count). The number of nitrogens with zero attached hydrogens (tertiary/aromatic N) is 5. The third kappa shape index (κ3) is 5.28. The van der Waals surface area contributed by atoms with Crippen LogP contribution in [0.5, 0.6) is 5.75 Å². The maximum atomic E-state index is 12.5. The number of para-hydroxylation sites is 1. The van der Waals surface area contributed by atoms with Crippen LogP contribution in [-0.2, 0) is 16.1 Å². The molecular weight excluding hydrogens is 478 g/mol. The van der Waals surface area contributed by atoms with Crippen LogP contribution in [0.3, 0.4) is 0 Å². The van der Waals surface area contributed by atoms with Gasteiger partial charge in [0.05, 0.1) is 12.9 Å². The second-order valence-electron chi connectivity index (χ2n) is 7.54. The van der Waals surface area contributed by atoms with Gasteiger partial charge in [-0.3, -0.25) is 9.36 Å². The molecule has 180 valence electrons. The maximum Gasteiger partial charge on any atom is 0.316 e. The van der Waals surface area contributed by atoms with E-state index in [-0.39, 0.29) is 18.2 Å². The summed E-state index contributed by atoms with van der Waals surface area (Å²) in [5.41, 5.74) is 2.56. The number of methoxy groups -OCH3 is 1. The van der Waals surface area contributed by atoms with Crippen molar-refractivity contribution in [2.75, 3.05) is 12.9 Å². The van der Waals surface area contributed by atoms with E-state index >= 15 is 0 Å². The van der Waals surface area contributed by atoms with Crippen LogP contribution < -0.4 is 4.74 Å². The van der Waals surface area contributed by atoms with Crippen molar-refractivity contribution in [3.05, 3.63) is 90.8 Å². The van der Waals surface area contributed by atoms with Gasteiger partial charge in [-0.1, -0.05) is 65.4 Å². The van der Waals surface area contributed by atoms with E-state index in [2.05, 4.69) is 20.3 Å². The highest BCUT2D eigenvalue weighted by Gasteiger charge is 2.18. The van der Waals surface area contributed by atoms with Crippen molar-refractivity contribution >= 4 is 17.7 Å². The van der Waals surface area contributed by atoms with Crippen molar-refractivity contribution in [2.45, 2.75) is 11.8 Å². The predicted octanol–water partition coefficient (Wildman–Crippen LogP) is 4.83. The first-order valence-electron chi connectivity index (χ1n) is 11.0.